The van der Waals surface area contributed by atoms with Crippen LogP contribution in [0.4, 0.5) is 4.39 Å². The number of rotatable bonds is 3. The van der Waals surface area contributed by atoms with Crippen LogP contribution in [0, 0.1) is 24.6 Å². The molecule has 0 saturated heterocycles. The van der Waals surface area contributed by atoms with Crippen LogP contribution in [-0.4, -0.2) is 16.9 Å². The first-order valence-corrected chi connectivity index (χ1v) is 6.54. The Morgan fingerprint density at radius 1 is 1.21 bits per heavy atom. The van der Waals surface area contributed by atoms with E-state index in [9.17, 15) is 19.1 Å². The van der Waals surface area contributed by atoms with Gasteiger partial charge in [0.05, 0.1) is 5.92 Å². The van der Waals surface area contributed by atoms with Crippen LogP contribution in [0.5, 0.6) is 0 Å². The first-order valence-electron chi connectivity index (χ1n) is 6.54. The monoisotopic (exact) mass is 264 g/mol. The topological polar surface area (TPSA) is 54.4 Å². The lowest BCUT2D eigenvalue weighted by Gasteiger charge is -2.27. The minimum Gasteiger partial charge on any atom is -0.481 e. The molecule has 0 aliphatic heterocycles. The third kappa shape index (κ3) is 2.83. The molecule has 1 fully saturated rings. The van der Waals surface area contributed by atoms with E-state index in [-0.39, 0.29) is 11.6 Å². The SMILES string of the molecule is Cc1cc(C(=O)C2CCCCC2C(=O)O)ccc1F. The molecule has 2 atom stereocenters. The van der Waals surface area contributed by atoms with E-state index in [4.69, 9.17) is 0 Å². The highest BCUT2D eigenvalue weighted by atomic mass is 19.1. The Hall–Kier alpha value is -1.71. The lowest BCUT2D eigenvalue weighted by molar-refractivity contribution is -0.144. The van der Waals surface area contributed by atoms with Gasteiger partial charge in [0.1, 0.15) is 5.82 Å². The zero-order valence-corrected chi connectivity index (χ0v) is 10.9. The molecular formula is C15H17FO3. The van der Waals surface area contributed by atoms with Crippen molar-refractivity contribution in [2.45, 2.75) is 32.6 Å². The Balaban J connectivity index is 2.26. The second kappa shape index (κ2) is 5.51. The smallest absolute Gasteiger partial charge is 0.307 e. The fraction of sp³-hybridized carbons (Fsp3) is 0.467. The van der Waals surface area contributed by atoms with Crippen LogP contribution in [-0.2, 0) is 4.79 Å². The molecule has 1 N–H and O–H groups in total. The molecule has 0 aromatic heterocycles. The van der Waals surface area contributed by atoms with Gasteiger partial charge >= 0.3 is 5.97 Å². The first kappa shape index (κ1) is 13.7. The molecule has 0 amide bonds. The van der Waals surface area contributed by atoms with E-state index in [0.717, 1.165) is 12.8 Å². The van der Waals surface area contributed by atoms with Crippen molar-refractivity contribution in [3.63, 3.8) is 0 Å². The lowest BCUT2D eigenvalue weighted by Crippen LogP contribution is -2.32. The quantitative estimate of drug-likeness (QED) is 0.853. The summed E-state index contributed by atoms with van der Waals surface area (Å²) < 4.78 is 13.2. The maximum atomic E-state index is 13.2. The molecule has 1 aliphatic rings. The predicted octanol–water partition coefficient (Wildman–Crippen LogP) is 3.21. The summed E-state index contributed by atoms with van der Waals surface area (Å²) in [4.78, 5) is 23.6. The number of ketones is 1. The molecule has 1 aromatic carbocycles. The van der Waals surface area contributed by atoms with Gasteiger partial charge in [-0.1, -0.05) is 12.8 Å². The van der Waals surface area contributed by atoms with Crippen molar-refractivity contribution >= 4 is 11.8 Å². The van der Waals surface area contributed by atoms with Crippen LogP contribution in [0.1, 0.15) is 41.6 Å². The Bertz CT molecular complexity index is 510. The van der Waals surface area contributed by atoms with Gasteiger partial charge in [-0.25, -0.2) is 4.39 Å². The molecule has 2 rings (SSSR count). The predicted molar refractivity (Wildman–Crippen MR) is 68.6 cm³/mol. The summed E-state index contributed by atoms with van der Waals surface area (Å²) >= 11 is 0. The van der Waals surface area contributed by atoms with Gasteiger partial charge in [-0.05, 0) is 43.5 Å². The number of carboxylic acid groups (broad SMARTS) is 1. The van der Waals surface area contributed by atoms with Gasteiger partial charge in [0.2, 0.25) is 0 Å². The highest BCUT2D eigenvalue weighted by molar-refractivity contribution is 6.00. The van der Waals surface area contributed by atoms with Crippen LogP contribution < -0.4 is 0 Å². The van der Waals surface area contributed by atoms with E-state index in [1.165, 1.54) is 18.2 Å². The molecule has 1 aliphatic carbocycles. The normalized spacial score (nSPS) is 23.1. The van der Waals surface area contributed by atoms with Gasteiger partial charge in [-0.3, -0.25) is 9.59 Å². The van der Waals surface area contributed by atoms with Gasteiger partial charge in [0.25, 0.3) is 0 Å². The number of aliphatic carboxylic acids is 1. The summed E-state index contributed by atoms with van der Waals surface area (Å²) in [6, 6.07) is 4.21. The zero-order chi connectivity index (χ0) is 14.0. The van der Waals surface area contributed by atoms with Gasteiger partial charge in [-0.15, -0.1) is 0 Å². The summed E-state index contributed by atoms with van der Waals surface area (Å²) in [5.74, 6) is -2.51. The minimum atomic E-state index is -0.906. The standard InChI is InChI=1S/C15H17FO3/c1-9-8-10(6-7-13(9)16)14(17)11-4-2-3-5-12(11)15(18)19/h6-8,11-12H,2-5H2,1H3,(H,18,19). The van der Waals surface area contributed by atoms with Crippen LogP contribution in [0.2, 0.25) is 0 Å². The van der Waals surface area contributed by atoms with E-state index < -0.39 is 17.8 Å². The third-order valence-electron chi connectivity index (χ3n) is 3.86. The van der Waals surface area contributed by atoms with Crippen LogP contribution in [0.25, 0.3) is 0 Å². The molecule has 3 nitrogen and oxygen atoms in total. The molecule has 0 radical (unpaired) electrons. The summed E-state index contributed by atoms with van der Waals surface area (Å²) in [6.45, 7) is 1.60. The molecular weight excluding hydrogens is 247 g/mol. The van der Waals surface area contributed by atoms with Crippen molar-refractivity contribution in [2.24, 2.45) is 11.8 Å². The van der Waals surface area contributed by atoms with Gasteiger partial charge in [-0.2, -0.15) is 0 Å². The Morgan fingerprint density at radius 3 is 2.42 bits per heavy atom. The van der Waals surface area contributed by atoms with Crippen LogP contribution in [0.3, 0.4) is 0 Å². The Kier molecular flexibility index (Phi) is 3.98. The van der Waals surface area contributed by atoms with E-state index in [1.54, 1.807) is 6.92 Å². The number of Topliss-reactive ketones (excluding diaryl/α,β-unsaturated/α-hetero) is 1. The van der Waals surface area contributed by atoms with Crippen molar-refractivity contribution in [2.75, 3.05) is 0 Å². The van der Waals surface area contributed by atoms with Gasteiger partial charge < -0.3 is 5.11 Å². The molecule has 0 bridgehead atoms. The fourth-order valence-corrected chi connectivity index (χ4v) is 2.75. The maximum absolute atomic E-state index is 13.2. The molecule has 2 unspecified atom stereocenters. The summed E-state index contributed by atoms with van der Waals surface area (Å²) in [5, 5.41) is 9.19. The second-order valence-corrected chi connectivity index (χ2v) is 5.16. The van der Waals surface area contributed by atoms with E-state index in [0.29, 0.717) is 24.0 Å². The average Bonchev–Trinajstić information content (AvgIpc) is 2.41. The molecule has 1 aromatic rings. The maximum Gasteiger partial charge on any atom is 0.307 e. The molecule has 1 saturated carbocycles. The van der Waals surface area contributed by atoms with E-state index in [1.807, 2.05) is 0 Å². The molecule has 0 heterocycles. The summed E-state index contributed by atoms with van der Waals surface area (Å²) in [6.07, 6.45) is 2.88. The first-order chi connectivity index (χ1) is 9.00. The van der Waals surface area contributed by atoms with Crippen molar-refractivity contribution in [1.29, 1.82) is 0 Å². The number of carbonyl (C=O) groups is 2. The van der Waals surface area contributed by atoms with Gasteiger partial charge in [0, 0.05) is 11.5 Å². The molecule has 0 spiro atoms. The summed E-state index contributed by atoms with van der Waals surface area (Å²) in [7, 11) is 0. The molecule has 4 heteroatoms. The van der Waals surface area contributed by atoms with Gasteiger partial charge in [0.15, 0.2) is 5.78 Å². The largest absolute Gasteiger partial charge is 0.481 e. The highest BCUT2D eigenvalue weighted by Gasteiger charge is 2.36. The number of aryl methyl sites for hydroxylation is 1. The van der Waals surface area contributed by atoms with Crippen molar-refractivity contribution in [1.82, 2.24) is 0 Å². The second-order valence-electron chi connectivity index (χ2n) is 5.16. The highest BCUT2D eigenvalue weighted by Crippen LogP contribution is 2.33. The van der Waals surface area contributed by atoms with Crippen molar-refractivity contribution < 1.29 is 19.1 Å². The summed E-state index contributed by atoms with van der Waals surface area (Å²) in [5.41, 5.74) is 0.825. The lowest BCUT2D eigenvalue weighted by atomic mass is 9.75. The van der Waals surface area contributed by atoms with E-state index in [2.05, 4.69) is 0 Å². The Labute approximate surface area is 111 Å². The number of carbonyl (C=O) groups excluding carboxylic acids is 1. The minimum absolute atomic E-state index is 0.171. The molecule has 102 valence electrons. The molecule has 19 heavy (non-hydrogen) atoms. The van der Waals surface area contributed by atoms with Crippen molar-refractivity contribution in [3.05, 3.63) is 35.1 Å². The number of carboxylic acids is 1. The number of halogens is 1. The Morgan fingerprint density at radius 2 is 1.84 bits per heavy atom. The average molecular weight is 264 g/mol. The van der Waals surface area contributed by atoms with Crippen molar-refractivity contribution in [3.8, 4) is 0 Å². The number of benzene rings is 1. The van der Waals surface area contributed by atoms with Crippen LogP contribution >= 0.6 is 0 Å². The zero-order valence-electron chi connectivity index (χ0n) is 10.9. The number of hydrogen-bond donors (Lipinski definition) is 1. The third-order valence-corrected chi connectivity index (χ3v) is 3.86. The fourth-order valence-electron chi connectivity index (χ4n) is 2.75. The van der Waals surface area contributed by atoms with E-state index >= 15 is 0 Å². The van der Waals surface area contributed by atoms with Crippen LogP contribution in [0.15, 0.2) is 18.2 Å². The number of hydrogen-bond acceptors (Lipinski definition) is 2.